The molecule has 7 heteroatoms. The summed E-state index contributed by atoms with van der Waals surface area (Å²) < 4.78 is 0. The van der Waals surface area contributed by atoms with E-state index >= 15 is 0 Å². The molecule has 1 aromatic carbocycles. The highest BCUT2D eigenvalue weighted by molar-refractivity contribution is 7.21. The van der Waals surface area contributed by atoms with Crippen LogP contribution in [0.4, 0.5) is 11.4 Å². The summed E-state index contributed by atoms with van der Waals surface area (Å²) in [5.41, 5.74) is 5.33. The van der Waals surface area contributed by atoms with Crippen LogP contribution in [0.25, 0.3) is 10.2 Å². The number of fused-ring (bicyclic) bond motifs is 1. The molecule has 176 valence electrons. The Kier molecular flexibility index (Phi) is 7.50. The highest BCUT2D eigenvalue weighted by Gasteiger charge is 2.23. The van der Waals surface area contributed by atoms with Gasteiger partial charge in [0.15, 0.2) is 0 Å². The van der Waals surface area contributed by atoms with Crippen molar-refractivity contribution >= 4 is 38.8 Å². The minimum Gasteiger partial charge on any atom is -0.386 e. The summed E-state index contributed by atoms with van der Waals surface area (Å²) in [6.45, 7) is 7.82. The van der Waals surface area contributed by atoms with Gasteiger partial charge in [0.25, 0.3) is 5.91 Å². The zero-order valence-corrected chi connectivity index (χ0v) is 20.9. The van der Waals surface area contributed by atoms with Crippen molar-refractivity contribution in [3.05, 3.63) is 52.0 Å². The predicted octanol–water partition coefficient (Wildman–Crippen LogP) is 4.87. The van der Waals surface area contributed by atoms with Gasteiger partial charge in [-0.25, -0.2) is 4.98 Å². The number of amides is 1. The molecule has 1 aliphatic rings. The molecule has 1 aliphatic carbocycles. The van der Waals surface area contributed by atoms with Crippen molar-refractivity contribution < 1.29 is 4.79 Å². The molecular formula is C26H35N5OS. The van der Waals surface area contributed by atoms with Gasteiger partial charge in [-0.05, 0) is 68.9 Å². The summed E-state index contributed by atoms with van der Waals surface area (Å²) in [5, 5.41) is 14.6. The zero-order valence-electron chi connectivity index (χ0n) is 20.0. The van der Waals surface area contributed by atoms with Gasteiger partial charge in [-0.15, -0.1) is 11.3 Å². The molecule has 1 amide bonds. The third-order valence-electron chi connectivity index (χ3n) is 6.19. The lowest BCUT2D eigenvalue weighted by Crippen LogP contribution is -2.36. The van der Waals surface area contributed by atoms with Gasteiger partial charge in [-0.3, -0.25) is 4.79 Å². The Bertz CT molecular complexity index is 1100. The Labute approximate surface area is 200 Å². The fourth-order valence-corrected chi connectivity index (χ4v) is 5.39. The molecule has 0 unspecified atom stereocenters. The van der Waals surface area contributed by atoms with E-state index in [9.17, 15) is 4.79 Å². The lowest BCUT2D eigenvalue weighted by atomic mass is 10.1. The van der Waals surface area contributed by atoms with Gasteiger partial charge in [-0.2, -0.15) is 0 Å². The van der Waals surface area contributed by atoms with Crippen LogP contribution in [0.2, 0.25) is 0 Å². The molecule has 0 spiro atoms. The Morgan fingerprint density at radius 1 is 1.21 bits per heavy atom. The number of nitrogens with one attached hydrogen (secondary N) is 4. The zero-order chi connectivity index (χ0) is 23.4. The molecule has 2 aromatic heterocycles. The number of thiophene rings is 1. The standard InChI is InChI=1S/C26H35N5OS/c1-5-19(31-21-10-11-21)15-29-20-8-6-18(7-9-20)12-13-28-25(32)24-23(27-4)22-16(2)14-17(3)30-26(22)33-24/h6-9,14,19,21,27,29,31H,5,10-13,15H2,1-4H3,(H,28,32)/t19-/m0/s1. The van der Waals surface area contributed by atoms with E-state index in [-0.39, 0.29) is 5.91 Å². The maximum absolute atomic E-state index is 12.9. The maximum Gasteiger partial charge on any atom is 0.263 e. The summed E-state index contributed by atoms with van der Waals surface area (Å²) in [7, 11) is 1.86. The van der Waals surface area contributed by atoms with Gasteiger partial charge >= 0.3 is 0 Å². The highest BCUT2D eigenvalue weighted by atomic mass is 32.1. The fourth-order valence-electron chi connectivity index (χ4n) is 4.18. The molecule has 0 saturated heterocycles. The van der Waals surface area contributed by atoms with E-state index in [1.54, 1.807) is 0 Å². The number of benzene rings is 1. The topological polar surface area (TPSA) is 78.1 Å². The van der Waals surface area contributed by atoms with Crippen molar-refractivity contribution in [2.45, 2.75) is 58.5 Å². The lowest BCUT2D eigenvalue weighted by molar-refractivity contribution is 0.0959. The number of hydrogen-bond acceptors (Lipinski definition) is 6. The second-order valence-electron chi connectivity index (χ2n) is 8.95. The molecule has 6 nitrogen and oxygen atoms in total. The first-order valence-corrected chi connectivity index (χ1v) is 12.8. The third-order valence-corrected chi connectivity index (χ3v) is 7.27. The summed E-state index contributed by atoms with van der Waals surface area (Å²) in [6, 6.07) is 11.8. The van der Waals surface area contributed by atoms with Crippen LogP contribution in [0, 0.1) is 13.8 Å². The maximum atomic E-state index is 12.9. The smallest absolute Gasteiger partial charge is 0.263 e. The second-order valence-corrected chi connectivity index (χ2v) is 9.95. The summed E-state index contributed by atoms with van der Waals surface area (Å²) in [4.78, 5) is 19.1. The second kappa shape index (κ2) is 10.5. The molecule has 1 fully saturated rings. The van der Waals surface area contributed by atoms with Gasteiger partial charge in [0.05, 0.1) is 5.69 Å². The van der Waals surface area contributed by atoms with E-state index in [0.717, 1.165) is 58.3 Å². The molecular weight excluding hydrogens is 430 g/mol. The molecule has 4 N–H and O–H groups in total. The molecule has 0 bridgehead atoms. The summed E-state index contributed by atoms with van der Waals surface area (Å²) in [6.07, 6.45) is 4.56. The highest BCUT2D eigenvalue weighted by Crippen LogP contribution is 2.36. The van der Waals surface area contributed by atoms with Crippen molar-refractivity contribution in [2.75, 3.05) is 30.8 Å². The van der Waals surface area contributed by atoms with Crippen molar-refractivity contribution in [2.24, 2.45) is 0 Å². The largest absolute Gasteiger partial charge is 0.386 e. The number of pyridine rings is 1. The van der Waals surface area contributed by atoms with E-state index in [0.29, 0.717) is 17.5 Å². The molecule has 4 rings (SSSR count). The summed E-state index contributed by atoms with van der Waals surface area (Å²) >= 11 is 1.45. The Hall–Kier alpha value is -2.64. The van der Waals surface area contributed by atoms with Crippen molar-refractivity contribution in [1.29, 1.82) is 0 Å². The van der Waals surface area contributed by atoms with E-state index in [2.05, 4.69) is 70.4 Å². The van der Waals surface area contributed by atoms with E-state index in [1.807, 2.05) is 14.0 Å². The van der Waals surface area contributed by atoms with Gasteiger partial charge in [0.2, 0.25) is 0 Å². The lowest BCUT2D eigenvalue weighted by Gasteiger charge is -2.18. The van der Waals surface area contributed by atoms with E-state index < -0.39 is 0 Å². The van der Waals surface area contributed by atoms with Crippen molar-refractivity contribution in [1.82, 2.24) is 15.6 Å². The fraction of sp³-hybridized carbons (Fsp3) is 0.462. The van der Waals surface area contributed by atoms with Crippen LogP contribution < -0.4 is 21.3 Å². The minimum absolute atomic E-state index is 0.0496. The number of rotatable bonds is 11. The van der Waals surface area contributed by atoms with Crippen LogP contribution in [0.1, 0.15) is 52.7 Å². The predicted molar refractivity (Wildman–Crippen MR) is 140 cm³/mol. The molecule has 2 heterocycles. The Balaban J connectivity index is 1.30. The molecule has 1 saturated carbocycles. The van der Waals surface area contributed by atoms with E-state index in [4.69, 9.17) is 0 Å². The quantitative estimate of drug-likeness (QED) is 0.325. The number of carbonyl (C=O) groups is 1. The molecule has 1 atom stereocenters. The normalized spacial score (nSPS) is 14.3. The van der Waals surface area contributed by atoms with Gasteiger partial charge in [-0.1, -0.05) is 19.1 Å². The monoisotopic (exact) mass is 465 g/mol. The Morgan fingerprint density at radius 3 is 2.64 bits per heavy atom. The first-order chi connectivity index (χ1) is 16.0. The number of carbonyl (C=O) groups excluding carboxylic acids is 1. The van der Waals surface area contributed by atoms with Gasteiger partial charge in [0.1, 0.15) is 9.71 Å². The van der Waals surface area contributed by atoms with Crippen LogP contribution in [0.15, 0.2) is 30.3 Å². The van der Waals surface area contributed by atoms with Crippen molar-refractivity contribution in [3.63, 3.8) is 0 Å². The number of aryl methyl sites for hydroxylation is 2. The first kappa shape index (κ1) is 23.5. The van der Waals surface area contributed by atoms with Crippen LogP contribution >= 0.6 is 11.3 Å². The average Bonchev–Trinajstić information content (AvgIpc) is 3.54. The number of nitrogens with zero attached hydrogens (tertiary/aromatic N) is 1. The first-order valence-electron chi connectivity index (χ1n) is 11.9. The van der Waals surface area contributed by atoms with E-state index in [1.165, 1.54) is 29.7 Å². The van der Waals surface area contributed by atoms with Crippen LogP contribution in [0.5, 0.6) is 0 Å². The number of hydrogen-bond donors (Lipinski definition) is 4. The molecule has 0 radical (unpaired) electrons. The summed E-state index contributed by atoms with van der Waals surface area (Å²) in [5.74, 6) is -0.0496. The molecule has 3 aromatic rings. The third kappa shape index (κ3) is 5.84. The number of anilines is 2. The van der Waals surface area contributed by atoms with Crippen LogP contribution in [-0.2, 0) is 6.42 Å². The molecule has 33 heavy (non-hydrogen) atoms. The van der Waals surface area contributed by atoms with Gasteiger partial charge < -0.3 is 21.3 Å². The van der Waals surface area contributed by atoms with Crippen LogP contribution in [0.3, 0.4) is 0 Å². The van der Waals surface area contributed by atoms with Crippen molar-refractivity contribution in [3.8, 4) is 0 Å². The minimum atomic E-state index is -0.0496. The average molecular weight is 466 g/mol. The molecule has 0 aliphatic heterocycles. The number of aromatic nitrogens is 1. The SMILES string of the molecule is CC[C@@H](CNc1ccc(CCNC(=O)c2sc3nc(C)cc(C)c3c2NC)cc1)NC1CC1. The Morgan fingerprint density at radius 2 is 1.97 bits per heavy atom. The van der Waals surface area contributed by atoms with Gasteiger partial charge in [0, 0.05) is 49.0 Å². The van der Waals surface area contributed by atoms with Crippen LogP contribution in [-0.4, -0.2) is 43.1 Å².